The molecular formula is C27H30F2N6O4. The van der Waals surface area contributed by atoms with E-state index in [9.17, 15) is 9.90 Å². The molecule has 0 spiro atoms. The Labute approximate surface area is 223 Å². The van der Waals surface area contributed by atoms with Crippen molar-refractivity contribution < 1.29 is 28.2 Å². The molecule has 206 valence electrons. The molecule has 0 bridgehead atoms. The van der Waals surface area contributed by atoms with Gasteiger partial charge in [-0.3, -0.25) is 9.80 Å². The maximum atomic E-state index is 15.5. The number of nitrogens with one attached hydrogen (secondary N) is 1. The third kappa shape index (κ3) is 4.47. The number of anilines is 3. The Kier molecular flexibility index (Phi) is 6.59. The lowest BCUT2D eigenvalue weighted by Gasteiger charge is -2.41. The average molecular weight is 541 g/mol. The van der Waals surface area contributed by atoms with Gasteiger partial charge in [0.25, 0.3) is 0 Å². The zero-order chi connectivity index (χ0) is 27.3. The second-order valence-corrected chi connectivity index (χ2v) is 10.2. The average Bonchev–Trinajstić information content (AvgIpc) is 3.47. The molecule has 12 heteroatoms. The van der Waals surface area contributed by atoms with Gasteiger partial charge in [0, 0.05) is 61.2 Å². The van der Waals surface area contributed by atoms with Crippen LogP contribution < -0.4 is 20.7 Å². The lowest BCUT2D eigenvalue weighted by atomic mass is 9.96. The van der Waals surface area contributed by atoms with Crippen LogP contribution in [0.25, 0.3) is 21.9 Å². The van der Waals surface area contributed by atoms with Gasteiger partial charge in [0.05, 0.1) is 18.3 Å². The summed E-state index contributed by atoms with van der Waals surface area (Å²) in [6, 6.07) is 2.37. The number of fused-ring (bicyclic) bond motifs is 2. The molecule has 0 aliphatic carbocycles. The number of amides is 1. The van der Waals surface area contributed by atoms with E-state index in [2.05, 4.69) is 15.3 Å². The third-order valence-corrected chi connectivity index (χ3v) is 7.97. The number of carboxylic acid groups (broad SMARTS) is 1. The number of benzene rings is 1. The van der Waals surface area contributed by atoms with Crippen LogP contribution in [-0.2, 0) is 4.74 Å². The number of hydrogen-bond acceptors (Lipinski definition) is 8. The fourth-order valence-corrected chi connectivity index (χ4v) is 5.86. The number of hydrogen-bond donors (Lipinski definition) is 3. The SMILES string of the molecule is Cc1c(-c2cc3cc(N(C(=O)O)[C@@H]4CCN([C@H]5CCOC5)C[C@@H]4F)ncc3c(N)c2F)cnc2c1NCCO2. The molecule has 4 N–H and O–H groups in total. The third-order valence-electron chi connectivity index (χ3n) is 7.97. The van der Waals surface area contributed by atoms with Crippen LogP contribution in [-0.4, -0.2) is 83.8 Å². The predicted molar refractivity (Wildman–Crippen MR) is 143 cm³/mol. The van der Waals surface area contributed by atoms with Gasteiger partial charge in [-0.25, -0.2) is 23.5 Å². The van der Waals surface area contributed by atoms with E-state index in [1.165, 1.54) is 18.5 Å². The highest BCUT2D eigenvalue weighted by Gasteiger charge is 2.40. The van der Waals surface area contributed by atoms with Crippen LogP contribution >= 0.6 is 0 Å². The van der Waals surface area contributed by atoms with Crippen molar-refractivity contribution in [2.24, 2.45) is 0 Å². The summed E-state index contributed by atoms with van der Waals surface area (Å²) in [7, 11) is 0. The first kappa shape index (κ1) is 25.5. The first-order valence-corrected chi connectivity index (χ1v) is 13.1. The van der Waals surface area contributed by atoms with Gasteiger partial charge in [0.2, 0.25) is 5.88 Å². The lowest BCUT2D eigenvalue weighted by Crippen LogP contribution is -2.56. The zero-order valence-corrected chi connectivity index (χ0v) is 21.5. The normalized spacial score (nSPS) is 23.2. The van der Waals surface area contributed by atoms with Crippen LogP contribution in [0.2, 0.25) is 0 Å². The number of ether oxygens (including phenoxy) is 2. The maximum absolute atomic E-state index is 15.5. The molecule has 3 aromatic rings. The molecule has 3 aliphatic heterocycles. The Bertz CT molecular complexity index is 1430. The Morgan fingerprint density at radius 2 is 2.08 bits per heavy atom. The summed E-state index contributed by atoms with van der Waals surface area (Å²) in [6.07, 6.45) is 1.33. The maximum Gasteiger partial charge on any atom is 0.413 e. The van der Waals surface area contributed by atoms with Crippen molar-refractivity contribution in [3.8, 4) is 17.0 Å². The highest BCUT2D eigenvalue weighted by molar-refractivity contribution is 5.99. The molecule has 10 nitrogen and oxygen atoms in total. The zero-order valence-electron chi connectivity index (χ0n) is 21.5. The monoisotopic (exact) mass is 540 g/mol. The van der Waals surface area contributed by atoms with Crippen molar-refractivity contribution >= 4 is 34.1 Å². The Morgan fingerprint density at radius 1 is 1.23 bits per heavy atom. The van der Waals surface area contributed by atoms with Gasteiger partial charge in [-0.1, -0.05) is 0 Å². The molecule has 6 rings (SSSR count). The van der Waals surface area contributed by atoms with E-state index in [1.54, 1.807) is 6.07 Å². The second kappa shape index (κ2) is 10.1. The summed E-state index contributed by atoms with van der Waals surface area (Å²) in [5.74, 6) is -0.110. The number of piperidine rings is 1. The fraction of sp³-hybridized carbons (Fsp3) is 0.444. The van der Waals surface area contributed by atoms with Crippen molar-refractivity contribution in [2.75, 3.05) is 55.4 Å². The van der Waals surface area contributed by atoms with Crippen molar-refractivity contribution in [3.63, 3.8) is 0 Å². The van der Waals surface area contributed by atoms with Crippen LogP contribution in [0.5, 0.6) is 5.88 Å². The molecular weight excluding hydrogens is 510 g/mol. The highest BCUT2D eigenvalue weighted by Crippen LogP contribution is 2.40. The highest BCUT2D eigenvalue weighted by atomic mass is 19.1. The van der Waals surface area contributed by atoms with Gasteiger partial charge >= 0.3 is 6.09 Å². The predicted octanol–water partition coefficient (Wildman–Crippen LogP) is 3.82. The topological polar surface area (TPSA) is 126 Å². The number of nitrogens with two attached hydrogens (primary N) is 1. The van der Waals surface area contributed by atoms with E-state index >= 15 is 8.78 Å². The molecule has 0 unspecified atom stereocenters. The standard InChI is InChI=1S/C27H30F2N6O4/c1-14-18(10-33-26-25(14)31-4-7-39-26)17-8-15-9-22(32-11-19(15)24(30)23(17)29)35(27(36)37)21-2-5-34(12-20(21)28)16-3-6-38-13-16/h8-11,16,20-21,31H,2-7,12-13,30H2,1H3,(H,36,37)/t16-,20-,21+/m0/s1. The number of halogens is 2. The summed E-state index contributed by atoms with van der Waals surface area (Å²) in [5.41, 5.74) is 8.26. The summed E-state index contributed by atoms with van der Waals surface area (Å²) >= 11 is 0. The molecule has 39 heavy (non-hydrogen) atoms. The number of nitrogens with zero attached hydrogens (tertiary/aromatic N) is 4. The number of likely N-dealkylation sites (tertiary alicyclic amines) is 1. The number of pyridine rings is 2. The minimum Gasteiger partial charge on any atom is -0.474 e. The van der Waals surface area contributed by atoms with Crippen molar-refractivity contribution in [3.05, 3.63) is 35.9 Å². The largest absolute Gasteiger partial charge is 0.474 e. The molecule has 1 amide bonds. The number of nitrogen functional groups attached to an aromatic ring is 1. The number of aromatic nitrogens is 2. The van der Waals surface area contributed by atoms with Crippen LogP contribution in [0.4, 0.5) is 30.8 Å². The summed E-state index contributed by atoms with van der Waals surface area (Å²) in [4.78, 5) is 24.0. The molecule has 3 aliphatic rings. The molecule has 2 saturated heterocycles. The second-order valence-electron chi connectivity index (χ2n) is 10.2. The summed E-state index contributed by atoms with van der Waals surface area (Å²) < 4.78 is 42.0. The molecule has 3 atom stereocenters. The van der Waals surface area contributed by atoms with Crippen LogP contribution in [0.3, 0.4) is 0 Å². The van der Waals surface area contributed by atoms with E-state index in [4.69, 9.17) is 15.2 Å². The Balaban J connectivity index is 1.36. The smallest absolute Gasteiger partial charge is 0.413 e. The Hall–Kier alpha value is -3.77. The van der Waals surface area contributed by atoms with E-state index in [1.807, 2.05) is 11.8 Å². The Morgan fingerprint density at radius 3 is 2.82 bits per heavy atom. The number of alkyl halides is 1. The van der Waals surface area contributed by atoms with Crippen molar-refractivity contribution in [1.82, 2.24) is 14.9 Å². The van der Waals surface area contributed by atoms with Gasteiger partial charge in [0.1, 0.15) is 24.3 Å². The van der Waals surface area contributed by atoms with Crippen molar-refractivity contribution in [2.45, 2.75) is 38.0 Å². The fourth-order valence-electron chi connectivity index (χ4n) is 5.86. The van der Waals surface area contributed by atoms with Gasteiger partial charge in [-0.15, -0.1) is 0 Å². The first-order valence-electron chi connectivity index (χ1n) is 13.1. The molecule has 5 heterocycles. The molecule has 2 fully saturated rings. The van der Waals surface area contributed by atoms with Gasteiger partial charge in [-0.2, -0.15) is 0 Å². The molecule has 2 aromatic heterocycles. The van der Waals surface area contributed by atoms with Crippen LogP contribution in [0.15, 0.2) is 24.5 Å². The minimum absolute atomic E-state index is 0.0626. The summed E-state index contributed by atoms with van der Waals surface area (Å²) in [5, 5.41) is 14.2. The van der Waals surface area contributed by atoms with Gasteiger partial charge < -0.3 is 25.6 Å². The first-order chi connectivity index (χ1) is 18.8. The van der Waals surface area contributed by atoms with E-state index < -0.39 is 24.1 Å². The molecule has 0 radical (unpaired) electrons. The number of rotatable bonds is 4. The van der Waals surface area contributed by atoms with E-state index in [-0.39, 0.29) is 29.7 Å². The number of carbonyl (C=O) groups is 1. The van der Waals surface area contributed by atoms with Gasteiger partial charge in [0.15, 0.2) is 5.82 Å². The summed E-state index contributed by atoms with van der Waals surface area (Å²) in [6.45, 7) is 4.83. The van der Waals surface area contributed by atoms with E-state index in [0.717, 1.165) is 16.9 Å². The van der Waals surface area contributed by atoms with Crippen molar-refractivity contribution in [1.29, 1.82) is 0 Å². The minimum atomic E-state index is -1.40. The van der Waals surface area contributed by atoms with E-state index in [0.29, 0.717) is 67.2 Å². The van der Waals surface area contributed by atoms with Crippen LogP contribution in [0, 0.1) is 12.7 Å². The lowest BCUT2D eigenvalue weighted by molar-refractivity contribution is 0.0712. The van der Waals surface area contributed by atoms with Gasteiger partial charge in [-0.05, 0) is 42.8 Å². The molecule has 1 aromatic carbocycles. The quantitative estimate of drug-likeness (QED) is 0.424. The van der Waals surface area contributed by atoms with Crippen LogP contribution in [0.1, 0.15) is 18.4 Å². The molecule has 0 saturated carbocycles.